The van der Waals surface area contributed by atoms with Crippen molar-refractivity contribution in [1.82, 2.24) is 4.98 Å². The normalized spacial score (nSPS) is 11.8. The number of hydrogen-bond acceptors (Lipinski definition) is 4. The van der Waals surface area contributed by atoms with E-state index in [4.69, 9.17) is 16.3 Å². The van der Waals surface area contributed by atoms with E-state index in [2.05, 4.69) is 10.3 Å². The van der Waals surface area contributed by atoms with E-state index < -0.39 is 6.04 Å². The van der Waals surface area contributed by atoms with Gasteiger partial charge in [0, 0.05) is 28.7 Å². The predicted molar refractivity (Wildman–Crippen MR) is 78.8 cm³/mol. The smallest absolute Gasteiger partial charge is 0.333 e. The highest BCUT2D eigenvalue weighted by atomic mass is 35.5. The minimum Gasteiger partial charge on any atom is -0.467 e. The average molecular weight is 291 g/mol. The van der Waals surface area contributed by atoms with E-state index in [1.165, 1.54) is 7.11 Å². The number of carbonyl (C=O) groups is 1. The molecule has 0 radical (unpaired) electrons. The first-order chi connectivity index (χ1) is 9.61. The van der Waals surface area contributed by atoms with Crippen molar-refractivity contribution in [2.45, 2.75) is 13.0 Å². The Bertz CT molecular complexity index is 599. The third-order valence-electron chi connectivity index (χ3n) is 2.98. The number of esters is 1. The first-order valence-electron chi connectivity index (χ1n) is 6.12. The van der Waals surface area contributed by atoms with Gasteiger partial charge in [0.05, 0.1) is 7.11 Å². The Labute approximate surface area is 122 Å². The van der Waals surface area contributed by atoms with Crippen LogP contribution in [-0.2, 0) is 9.53 Å². The molecule has 4 nitrogen and oxygen atoms in total. The fraction of sp³-hybridized carbons (Fsp3) is 0.200. The van der Waals surface area contributed by atoms with Crippen LogP contribution in [0.2, 0.25) is 5.02 Å². The van der Waals surface area contributed by atoms with Crippen molar-refractivity contribution >= 4 is 23.3 Å². The molecule has 0 aliphatic carbocycles. The SMILES string of the molecule is COC(=O)C(Nc1ccc(Cl)cc1)c1cnccc1C. The summed E-state index contributed by atoms with van der Waals surface area (Å²) >= 11 is 5.85. The number of aryl methyl sites for hydroxylation is 1. The van der Waals surface area contributed by atoms with Crippen LogP contribution in [0.5, 0.6) is 0 Å². The predicted octanol–water partition coefficient (Wildman–Crippen LogP) is 3.37. The summed E-state index contributed by atoms with van der Waals surface area (Å²) in [6, 6.07) is 8.39. The molecule has 1 unspecified atom stereocenters. The van der Waals surface area contributed by atoms with E-state index in [9.17, 15) is 4.79 Å². The number of halogens is 1. The summed E-state index contributed by atoms with van der Waals surface area (Å²) in [7, 11) is 1.37. The lowest BCUT2D eigenvalue weighted by molar-refractivity contribution is -0.141. The fourth-order valence-corrected chi connectivity index (χ4v) is 2.00. The highest BCUT2D eigenvalue weighted by molar-refractivity contribution is 6.30. The summed E-state index contributed by atoms with van der Waals surface area (Å²) in [5.41, 5.74) is 2.54. The molecule has 1 aromatic carbocycles. The number of nitrogens with one attached hydrogen (secondary N) is 1. The topological polar surface area (TPSA) is 51.2 Å². The molecule has 1 N–H and O–H groups in total. The molecule has 0 fully saturated rings. The lowest BCUT2D eigenvalue weighted by atomic mass is 10.0. The minimum absolute atomic E-state index is 0.365. The Morgan fingerprint density at radius 3 is 2.60 bits per heavy atom. The van der Waals surface area contributed by atoms with Gasteiger partial charge in [-0.1, -0.05) is 11.6 Å². The molecule has 0 bridgehead atoms. The molecule has 20 heavy (non-hydrogen) atoms. The number of nitrogens with zero attached hydrogens (tertiary/aromatic N) is 1. The number of rotatable bonds is 4. The zero-order valence-corrected chi connectivity index (χ0v) is 12.0. The van der Waals surface area contributed by atoms with Crippen LogP contribution in [0.25, 0.3) is 0 Å². The quantitative estimate of drug-likeness (QED) is 0.877. The third-order valence-corrected chi connectivity index (χ3v) is 3.23. The van der Waals surface area contributed by atoms with Crippen LogP contribution < -0.4 is 5.32 Å². The van der Waals surface area contributed by atoms with Gasteiger partial charge in [0.25, 0.3) is 0 Å². The summed E-state index contributed by atoms with van der Waals surface area (Å²) in [6.45, 7) is 1.93. The maximum atomic E-state index is 12.0. The number of ether oxygens (including phenoxy) is 1. The second-order valence-electron chi connectivity index (χ2n) is 4.34. The van der Waals surface area contributed by atoms with Crippen molar-refractivity contribution in [1.29, 1.82) is 0 Å². The molecule has 0 amide bonds. The van der Waals surface area contributed by atoms with Crippen LogP contribution in [0.3, 0.4) is 0 Å². The Morgan fingerprint density at radius 2 is 2.00 bits per heavy atom. The zero-order valence-electron chi connectivity index (χ0n) is 11.3. The van der Waals surface area contributed by atoms with E-state index in [0.29, 0.717) is 5.02 Å². The van der Waals surface area contributed by atoms with E-state index in [0.717, 1.165) is 16.8 Å². The number of aromatic nitrogens is 1. The highest BCUT2D eigenvalue weighted by Crippen LogP contribution is 2.24. The minimum atomic E-state index is -0.602. The lowest BCUT2D eigenvalue weighted by Gasteiger charge is -2.19. The molecule has 0 saturated carbocycles. The number of pyridine rings is 1. The van der Waals surface area contributed by atoms with Gasteiger partial charge in [-0.05, 0) is 42.8 Å². The number of methoxy groups -OCH3 is 1. The fourth-order valence-electron chi connectivity index (χ4n) is 1.87. The van der Waals surface area contributed by atoms with E-state index in [-0.39, 0.29) is 5.97 Å². The number of benzene rings is 1. The van der Waals surface area contributed by atoms with Crippen LogP contribution in [0.1, 0.15) is 17.2 Å². The molecule has 104 valence electrons. The second-order valence-corrected chi connectivity index (χ2v) is 4.78. The number of carbonyl (C=O) groups excluding carboxylic acids is 1. The van der Waals surface area contributed by atoms with E-state index in [1.54, 1.807) is 24.5 Å². The van der Waals surface area contributed by atoms with Crippen LogP contribution in [0.15, 0.2) is 42.7 Å². The van der Waals surface area contributed by atoms with Crippen molar-refractivity contribution in [2.75, 3.05) is 12.4 Å². The van der Waals surface area contributed by atoms with Crippen LogP contribution in [0.4, 0.5) is 5.69 Å². The second kappa shape index (κ2) is 6.39. The molecule has 0 spiro atoms. The summed E-state index contributed by atoms with van der Waals surface area (Å²) < 4.78 is 4.86. The van der Waals surface area contributed by atoms with Crippen molar-refractivity contribution in [2.24, 2.45) is 0 Å². The molecule has 5 heteroatoms. The molecule has 1 atom stereocenters. The maximum Gasteiger partial charge on any atom is 0.333 e. The summed E-state index contributed by atoms with van der Waals surface area (Å²) in [6.07, 6.45) is 3.36. The zero-order chi connectivity index (χ0) is 14.5. The van der Waals surface area contributed by atoms with Crippen molar-refractivity contribution in [3.05, 3.63) is 58.9 Å². The number of hydrogen-bond donors (Lipinski definition) is 1. The van der Waals surface area contributed by atoms with Gasteiger partial charge < -0.3 is 10.1 Å². The first kappa shape index (κ1) is 14.3. The Kier molecular flexibility index (Phi) is 4.58. The first-order valence-corrected chi connectivity index (χ1v) is 6.50. The van der Waals surface area contributed by atoms with Gasteiger partial charge in [0.15, 0.2) is 6.04 Å². The Hall–Kier alpha value is -2.07. The van der Waals surface area contributed by atoms with Crippen LogP contribution >= 0.6 is 11.6 Å². The third kappa shape index (κ3) is 3.27. The number of anilines is 1. The molecule has 2 aromatic rings. The van der Waals surface area contributed by atoms with Crippen LogP contribution in [-0.4, -0.2) is 18.1 Å². The monoisotopic (exact) mass is 290 g/mol. The summed E-state index contributed by atoms with van der Waals surface area (Å²) in [5, 5.41) is 3.78. The summed E-state index contributed by atoms with van der Waals surface area (Å²) in [5.74, 6) is -0.365. The van der Waals surface area contributed by atoms with Gasteiger partial charge >= 0.3 is 5.97 Å². The Morgan fingerprint density at radius 1 is 1.30 bits per heavy atom. The van der Waals surface area contributed by atoms with Crippen molar-refractivity contribution < 1.29 is 9.53 Å². The van der Waals surface area contributed by atoms with Crippen LogP contribution in [0, 0.1) is 6.92 Å². The molecule has 0 aliphatic heterocycles. The maximum absolute atomic E-state index is 12.0. The van der Waals surface area contributed by atoms with Crippen molar-refractivity contribution in [3.8, 4) is 0 Å². The standard InChI is InChI=1S/C15H15ClN2O2/c1-10-7-8-17-9-13(10)14(15(19)20-2)18-12-5-3-11(16)4-6-12/h3-9,14,18H,1-2H3. The van der Waals surface area contributed by atoms with E-state index in [1.807, 2.05) is 25.1 Å². The van der Waals surface area contributed by atoms with Gasteiger partial charge in [-0.3, -0.25) is 4.98 Å². The summed E-state index contributed by atoms with van der Waals surface area (Å²) in [4.78, 5) is 16.1. The molecular formula is C15H15ClN2O2. The van der Waals surface area contributed by atoms with Gasteiger partial charge in [-0.25, -0.2) is 4.79 Å². The van der Waals surface area contributed by atoms with Gasteiger partial charge in [-0.15, -0.1) is 0 Å². The molecule has 0 aliphatic rings. The van der Waals surface area contributed by atoms with Gasteiger partial charge in [0.2, 0.25) is 0 Å². The average Bonchev–Trinajstić information content (AvgIpc) is 2.47. The molecule has 1 heterocycles. The Balaban J connectivity index is 2.31. The molecule has 1 aromatic heterocycles. The highest BCUT2D eigenvalue weighted by Gasteiger charge is 2.23. The van der Waals surface area contributed by atoms with Crippen molar-refractivity contribution in [3.63, 3.8) is 0 Å². The largest absolute Gasteiger partial charge is 0.467 e. The molecule has 2 rings (SSSR count). The van der Waals surface area contributed by atoms with Gasteiger partial charge in [0.1, 0.15) is 0 Å². The molecular weight excluding hydrogens is 276 g/mol. The van der Waals surface area contributed by atoms with Gasteiger partial charge in [-0.2, -0.15) is 0 Å². The lowest BCUT2D eigenvalue weighted by Crippen LogP contribution is -2.23. The van der Waals surface area contributed by atoms with E-state index >= 15 is 0 Å². The molecule has 0 saturated heterocycles.